The van der Waals surface area contributed by atoms with Crippen LogP contribution >= 0.6 is 12.2 Å². The molecule has 1 aromatic heterocycles. The average Bonchev–Trinajstić information content (AvgIpc) is 2.67. The van der Waals surface area contributed by atoms with Crippen molar-refractivity contribution in [1.82, 2.24) is 15.2 Å². The monoisotopic (exact) mass is 435 g/mol. The molecule has 1 aliphatic rings. The van der Waals surface area contributed by atoms with E-state index >= 15 is 0 Å². The summed E-state index contributed by atoms with van der Waals surface area (Å²) in [6, 6.07) is 8.18. The fraction of sp³-hybridized carbons (Fsp3) is 0.409. The predicted molar refractivity (Wildman–Crippen MR) is 114 cm³/mol. The Kier molecular flexibility index (Phi) is 6.75. The second kappa shape index (κ2) is 9.12. The fourth-order valence-electron chi connectivity index (χ4n) is 3.68. The molecule has 2 heterocycles. The number of hydrogen-bond donors (Lipinski definition) is 1. The van der Waals surface area contributed by atoms with Gasteiger partial charge in [0.25, 0.3) is 5.91 Å². The maximum atomic E-state index is 12.7. The lowest BCUT2D eigenvalue weighted by Gasteiger charge is -2.35. The summed E-state index contributed by atoms with van der Waals surface area (Å²) in [5, 5.41) is 2.92. The van der Waals surface area contributed by atoms with E-state index in [9.17, 15) is 18.0 Å². The standard InChI is InChI=1S/C22H24F3N3OS/c1-14-10-15(2)26-19(11-14)12-20(30)28-9-3-4-18(13-28)27-21(29)16-5-7-17(8-6-16)22(23,24)25/h5-8,10-11,18H,3-4,9,12-13H2,1-2H3,(H,27,29). The molecule has 1 atom stereocenters. The number of carbonyl (C=O) groups is 1. The highest BCUT2D eigenvalue weighted by Gasteiger charge is 2.30. The van der Waals surface area contributed by atoms with Crippen molar-refractivity contribution in [3.8, 4) is 0 Å². The predicted octanol–water partition coefficient (Wildman–Crippen LogP) is 4.48. The zero-order valence-corrected chi connectivity index (χ0v) is 17.7. The Morgan fingerprint density at radius 2 is 1.93 bits per heavy atom. The van der Waals surface area contributed by atoms with Crippen molar-refractivity contribution in [2.24, 2.45) is 0 Å². The van der Waals surface area contributed by atoms with E-state index in [0.717, 1.165) is 53.5 Å². The number of pyridine rings is 1. The molecule has 0 radical (unpaired) electrons. The number of nitrogens with zero attached hydrogens (tertiary/aromatic N) is 2. The summed E-state index contributed by atoms with van der Waals surface area (Å²) in [4.78, 5) is 19.9. The molecular weight excluding hydrogens is 411 g/mol. The number of amides is 1. The topological polar surface area (TPSA) is 45.2 Å². The van der Waals surface area contributed by atoms with Gasteiger partial charge in [0, 0.05) is 42.5 Å². The molecule has 2 aromatic rings. The third-order valence-electron chi connectivity index (χ3n) is 5.07. The van der Waals surface area contributed by atoms with Crippen LogP contribution in [-0.2, 0) is 12.6 Å². The van der Waals surface area contributed by atoms with Crippen LogP contribution in [0, 0.1) is 13.8 Å². The molecule has 1 amide bonds. The number of halogens is 3. The second-order valence-corrected chi connectivity index (χ2v) is 8.15. The lowest BCUT2D eigenvalue weighted by Crippen LogP contribution is -2.49. The molecule has 1 N–H and O–H groups in total. The highest BCUT2D eigenvalue weighted by Crippen LogP contribution is 2.29. The minimum Gasteiger partial charge on any atom is -0.364 e. The van der Waals surface area contributed by atoms with Gasteiger partial charge in [-0.3, -0.25) is 9.78 Å². The fourth-order valence-corrected chi connectivity index (χ4v) is 4.00. The number of aromatic nitrogens is 1. The van der Waals surface area contributed by atoms with E-state index in [1.165, 1.54) is 12.1 Å². The molecule has 0 bridgehead atoms. The maximum Gasteiger partial charge on any atom is 0.416 e. The van der Waals surface area contributed by atoms with Crippen LogP contribution in [0.4, 0.5) is 13.2 Å². The first kappa shape index (κ1) is 22.2. The SMILES string of the molecule is Cc1cc(C)nc(CC(=S)N2CCCC(NC(=O)c3ccc(C(F)(F)F)cc3)C2)c1. The van der Waals surface area contributed by atoms with E-state index < -0.39 is 11.7 Å². The summed E-state index contributed by atoms with van der Waals surface area (Å²) < 4.78 is 38.1. The maximum absolute atomic E-state index is 12.7. The number of aryl methyl sites for hydroxylation is 2. The highest BCUT2D eigenvalue weighted by molar-refractivity contribution is 7.80. The van der Waals surface area contributed by atoms with Gasteiger partial charge in [0.2, 0.25) is 0 Å². The number of likely N-dealkylation sites (tertiary alicyclic amines) is 1. The molecular formula is C22H24F3N3OS. The summed E-state index contributed by atoms with van der Waals surface area (Å²) in [6.45, 7) is 5.37. The number of nitrogens with one attached hydrogen (secondary N) is 1. The van der Waals surface area contributed by atoms with Crippen molar-refractivity contribution in [3.05, 3.63) is 64.5 Å². The van der Waals surface area contributed by atoms with Gasteiger partial charge in [-0.15, -0.1) is 0 Å². The summed E-state index contributed by atoms with van der Waals surface area (Å²) in [6.07, 6.45) is -2.18. The zero-order valence-electron chi connectivity index (χ0n) is 16.9. The molecule has 0 spiro atoms. The quantitative estimate of drug-likeness (QED) is 0.720. The largest absolute Gasteiger partial charge is 0.416 e. The number of piperidine rings is 1. The smallest absolute Gasteiger partial charge is 0.364 e. The Morgan fingerprint density at radius 1 is 1.23 bits per heavy atom. The van der Waals surface area contributed by atoms with E-state index in [4.69, 9.17) is 12.2 Å². The van der Waals surface area contributed by atoms with Crippen LogP contribution in [0.15, 0.2) is 36.4 Å². The molecule has 3 rings (SSSR count). The number of thiocarbonyl (C=S) groups is 1. The van der Waals surface area contributed by atoms with Crippen LogP contribution in [0.5, 0.6) is 0 Å². The minimum absolute atomic E-state index is 0.112. The molecule has 1 aromatic carbocycles. The zero-order chi connectivity index (χ0) is 21.9. The summed E-state index contributed by atoms with van der Waals surface area (Å²) in [5.74, 6) is -0.377. The Hall–Kier alpha value is -2.48. The van der Waals surface area contributed by atoms with Gasteiger partial charge >= 0.3 is 6.18 Å². The molecule has 160 valence electrons. The van der Waals surface area contributed by atoms with Crippen molar-refractivity contribution >= 4 is 23.1 Å². The first-order chi connectivity index (χ1) is 14.1. The summed E-state index contributed by atoms with van der Waals surface area (Å²) in [5.41, 5.74) is 2.46. The first-order valence-corrected chi connectivity index (χ1v) is 10.2. The summed E-state index contributed by atoms with van der Waals surface area (Å²) in [7, 11) is 0. The van der Waals surface area contributed by atoms with Gasteiger partial charge < -0.3 is 10.2 Å². The van der Waals surface area contributed by atoms with E-state index in [0.29, 0.717) is 13.0 Å². The Morgan fingerprint density at radius 3 is 2.57 bits per heavy atom. The Bertz CT molecular complexity index is 908. The van der Waals surface area contributed by atoms with Gasteiger partial charge in [0.15, 0.2) is 0 Å². The average molecular weight is 436 g/mol. The van der Waals surface area contributed by atoms with Gasteiger partial charge in [-0.2, -0.15) is 13.2 Å². The van der Waals surface area contributed by atoms with Gasteiger partial charge in [0.1, 0.15) is 0 Å². The Balaban J connectivity index is 1.59. The third kappa shape index (κ3) is 5.78. The van der Waals surface area contributed by atoms with Crippen LogP contribution in [0.3, 0.4) is 0 Å². The lowest BCUT2D eigenvalue weighted by atomic mass is 10.0. The van der Waals surface area contributed by atoms with Gasteiger partial charge in [-0.1, -0.05) is 12.2 Å². The van der Waals surface area contributed by atoms with Crippen molar-refractivity contribution in [2.45, 2.75) is 45.3 Å². The van der Waals surface area contributed by atoms with E-state index in [1.54, 1.807) is 0 Å². The van der Waals surface area contributed by atoms with E-state index in [1.807, 2.05) is 26.0 Å². The molecule has 0 saturated carbocycles. The number of carbonyl (C=O) groups excluding carboxylic acids is 1. The summed E-state index contributed by atoms with van der Waals surface area (Å²) >= 11 is 5.62. The number of hydrogen-bond acceptors (Lipinski definition) is 3. The number of rotatable bonds is 4. The molecule has 1 fully saturated rings. The molecule has 1 unspecified atom stereocenters. The van der Waals surface area contributed by atoms with Gasteiger partial charge in [-0.05, 0) is 68.7 Å². The van der Waals surface area contributed by atoms with Crippen molar-refractivity contribution in [2.75, 3.05) is 13.1 Å². The molecule has 30 heavy (non-hydrogen) atoms. The van der Waals surface area contributed by atoms with Crippen LogP contribution in [0.2, 0.25) is 0 Å². The minimum atomic E-state index is -4.42. The van der Waals surface area contributed by atoms with E-state index in [2.05, 4.69) is 15.2 Å². The van der Waals surface area contributed by atoms with Crippen LogP contribution in [-0.4, -0.2) is 39.9 Å². The van der Waals surface area contributed by atoms with Crippen molar-refractivity contribution in [1.29, 1.82) is 0 Å². The molecule has 1 saturated heterocycles. The molecule has 4 nitrogen and oxygen atoms in total. The normalized spacial score (nSPS) is 17.0. The molecule has 1 aliphatic heterocycles. The van der Waals surface area contributed by atoms with Crippen molar-refractivity contribution in [3.63, 3.8) is 0 Å². The highest BCUT2D eigenvalue weighted by atomic mass is 32.1. The molecule has 0 aliphatic carbocycles. The third-order valence-corrected chi connectivity index (χ3v) is 5.47. The van der Waals surface area contributed by atoms with Crippen LogP contribution < -0.4 is 5.32 Å². The van der Waals surface area contributed by atoms with Crippen molar-refractivity contribution < 1.29 is 18.0 Å². The second-order valence-electron chi connectivity index (χ2n) is 7.68. The number of alkyl halides is 3. The van der Waals surface area contributed by atoms with Crippen LogP contribution in [0.25, 0.3) is 0 Å². The first-order valence-electron chi connectivity index (χ1n) is 9.82. The van der Waals surface area contributed by atoms with Gasteiger partial charge in [-0.25, -0.2) is 0 Å². The Labute approximate surface area is 179 Å². The molecule has 8 heteroatoms. The van der Waals surface area contributed by atoms with Gasteiger partial charge in [0.05, 0.1) is 10.6 Å². The van der Waals surface area contributed by atoms with Crippen LogP contribution in [0.1, 0.15) is 45.7 Å². The lowest BCUT2D eigenvalue weighted by molar-refractivity contribution is -0.137. The van der Waals surface area contributed by atoms with E-state index in [-0.39, 0.29) is 17.5 Å². The number of benzene rings is 1.